The zero-order valence-electron chi connectivity index (χ0n) is 17.4. The van der Waals surface area contributed by atoms with Crippen molar-refractivity contribution < 1.29 is 29.4 Å². The summed E-state index contributed by atoms with van der Waals surface area (Å²) in [6, 6.07) is 3.72. The van der Waals surface area contributed by atoms with Crippen LogP contribution in [0.5, 0.6) is 0 Å². The molecule has 2 aliphatic carbocycles. The largest absolute Gasteiger partial charge is 0.478 e. The SMILES string of the molecule is NC(=O)C1(NC(=O)C2(Nc3cc(C(=O)O)cc(C(=O)O)c3)CCCCC2)CCCCC1. The average Bonchev–Trinajstić information content (AvgIpc) is 2.74. The number of hydrogen-bond donors (Lipinski definition) is 5. The van der Waals surface area contributed by atoms with Crippen LogP contribution in [0, 0.1) is 0 Å². The number of primary amides is 1. The number of rotatable bonds is 7. The van der Waals surface area contributed by atoms with E-state index < -0.39 is 28.9 Å². The van der Waals surface area contributed by atoms with E-state index in [2.05, 4.69) is 10.6 Å². The van der Waals surface area contributed by atoms with Gasteiger partial charge in [0.2, 0.25) is 11.8 Å². The summed E-state index contributed by atoms with van der Waals surface area (Å²) >= 11 is 0. The Morgan fingerprint density at radius 3 is 1.61 bits per heavy atom. The molecule has 6 N–H and O–H groups in total. The van der Waals surface area contributed by atoms with Gasteiger partial charge in [-0.2, -0.15) is 0 Å². The molecule has 0 atom stereocenters. The fourth-order valence-corrected chi connectivity index (χ4v) is 4.71. The van der Waals surface area contributed by atoms with E-state index >= 15 is 0 Å². The third kappa shape index (κ3) is 4.81. The van der Waals surface area contributed by atoms with E-state index in [0.717, 1.165) is 44.6 Å². The van der Waals surface area contributed by atoms with Crippen LogP contribution >= 0.6 is 0 Å². The molecule has 2 saturated carbocycles. The Hall–Kier alpha value is -3.10. The second kappa shape index (κ2) is 8.95. The third-order valence-electron chi connectivity index (χ3n) is 6.48. The van der Waals surface area contributed by atoms with Crippen molar-refractivity contribution in [3.8, 4) is 0 Å². The lowest BCUT2D eigenvalue weighted by Gasteiger charge is -2.42. The van der Waals surface area contributed by atoms with Crippen molar-refractivity contribution in [3.63, 3.8) is 0 Å². The van der Waals surface area contributed by atoms with E-state index in [4.69, 9.17) is 5.73 Å². The summed E-state index contributed by atoms with van der Waals surface area (Å²) in [5.74, 6) is -3.43. The van der Waals surface area contributed by atoms with Gasteiger partial charge in [-0.3, -0.25) is 9.59 Å². The van der Waals surface area contributed by atoms with Crippen molar-refractivity contribution in [3.05, 3.63) is 29.3 Å². The molecule has 0 unspecified atom stereocenters. The van der Waals surface area contributed by atoms with Crippen LogP contribution in [0.1, 0.15) is 84.9 Å². The molecule has 2 amide bonds. The minimum absolute atomic E-state index is 0.186. The van der Waals surface area contributed by atoms with Gasteiger partial charge in [-0.15, -0.1) is 0 Å². The highest BCUT2D eigenvalue weighted by molar-refractivity contribution is 5.98. The maximum Gasteiger partial charge on any atom is 0.335 e. The molecule has 2 fully saturated rings. The summed E-state index contributed by atoms with van der Waals surface area (Å²) in [6.45, 7) is 0. The van der Waals surface area contributed by atoms with Crippen LogP contribution in [0.4, 0.5) is 5.69 Å². The van der Waals surface area contributed by atoms with Crippen LogP contribution in [0.15, 0.2) is 18.2 Å². The quantitative estimate of drug-likeness (QED) is 0.443. The molecular formula is C22H29N3O6. The highest BCUT2D eigenvalue weighted by atomic mass is 16.4. The fourth-order valence-electron chi connectivity index (χ4n) is 4.71. The van der Waals surface area contributed by atoms with E-state index in [1.807, 2.05) is 0 Å². The van der Waals surface area contributed by atoms with Crippen LogP contribution in [0.3, 0.4) is 0 Å². The van der Waals surface area contributed by atoms with Crippen molar-refractivity contribution >= 4 is 29.4 Å². The Kier molecular flexibility index (Phi) is 6.52. The zero-order valence-corrected chi connectivity index (χ0v) is 17.4. The summed E-state index contributed by atoms with van der Waals surface area (Å²) in [6.07, 6.45) is 7.01. The Balaban J connectivity index is 1.94. The molecule has 3 rings (SSSR count). The molecule has 0 radical (unpaired) electrons. The first-order valence-electron chi connectivity index (χ1n) is 10.7. The fraction of sp³-hybridized carbons (Fsp3) is 0.545. The highest BCUT2D eigenvalue weighted by Crippen LogP contribution is 2.35. The lowest BCUT2D eigenvalue weighted by Crippen LogP contribution is -2.64. The molecule has 0 heterocycles. The van der Waals surface area contributed by atoms with E-state index in [1.54, 1.807) is 0 Å². The third-order valence-corrected chi connectivity index (χ3v) is 6.48. The predicted molar refractivity (Wildman–Crippen MR) is 113 cm³/mol. The summed E-state index contributed by atoms with van der Waals surface area (Å²) < 4.78 is 0. The van der Waals surface area contributed by atoms with E-state index in [-0.39, 0.29) is 22.7 Å². The van der Waals surface area contributed by atoms with Crippen LogP contribution in [0.2, 0.25) is 0 Å². The number of carbonyl (C=O) groups is 4. The Morgan fingerprint density at radius 1 is 0.742 bits per heavy atom. The summed E-state index contributed by atoms with van der Waals surface area (Å²) in [7, 11) is 0. The van der Waals surface area contributed by atoms with Gasteiger partial charge in [0.15, 0.2) is 0 Å². The lowest BCUT2D eigenvalue weighted by molar-refractivity contribution is -0.136. The molecule has 2 aliphatic rings. The topological polar surface area (TPSA) is 159 Å². The van der Waals surface area contributed by atoms with Crippen LogP contribution in [0.25, 0.3) is 0 Å². The number of aromatic carboxylic acids is 2. The molecule has 168 valence electrons. The number of nitrogens with two attached hydrogens (primary N) is 1. The first-order valence-corrected chi connectivity index (χ1v) is 10.7. The van der Waals surface area contributed by atoms with Gasteiger partial charge in [-0.1, -0.05) is 38.5 Å². The molecule has 0 bridgehead atoms. The lowest BCUT2D eigenvalue weighted by atomic mass is 9.77. The maximum atomic E-state index is 13.5. The summed E-state index contributed by atoms with van der Waals surface area (Å²) in [5.41, 5.74) is 3.38. The zero-order chi connectivity index (χ0) is 22.6. The average molecular weight is 431 g/mol. The number of nitrogens with one attached hydrogen (secondary N) is 2. The standard InChI is InChI=1S/C22H29N3O6/c23-19(30)21(7-3-1-4-8-21)25-20(31)22(9-5-2-6-10-22)24-16-12-14(17(26)27)11-15(13-16)18(28)29/h11-13,24H,1-10H2,(H2,23,30)(H,25,31)(H,26,27)(H,28,29). The molecule has 0 aromatic heterocycles. The van der Waals surface area contributed by atoms with Crippen molar-refractivity contribution in [1.82, 2.24) is 5.32 Å². The first kappa shape index (κ1) is 22.6. The maximum absolute atomic E-state index is 13.5. The predicted octanol–water partition coefficient (Wildman–Crippen LogP) is 2.50. The Labute approximate surface area is 180 Å². The number of hydrogen-bond acceptors (Lipinski definition) is 5. The van der Waals surface area contributed by atoms with Gasteiger partial charge in [-0.25, -0.2) is 9.59 Å². The van der Waals surface area contributed by atoms with Gasteiger partial charge >= 0.3 is 11.9 Å². The van der Waals surface area contributed by atoms with Gasteiger partial charge in [0.1, 0.15) is 11.1 Å². The number of carbonyl (C=O) groups excluding carboxylic acids is 2. The van der Waals surface area contributed by atoms with Crippen LogP contribution in [-0.2, 0) is 9.59 Å². The molecule has 31 heavy (non-hydrogen) atoms. The van der Waals surface area contributed by atoms with Gasteiger partial charge in [0.25, 0.3) is 0 Å². The molecule has 9 nitrogen and oxygen atoms in total. The molecular weight excluding hydrogens is 402 g/mol. The second-order valence-corrected chi connectivity index (χ2v) is 8.64. The van der Waals surface area contributed by atoms with Crippen molar-refractivity contribution in [1.29, 1.82) is 0 Å². The van der Waals surface area contributed by atoms with Crippen molar-refractivity contribution in [2.75, 3.05) is 5.32 Å². The van der Waals surface area contributed by atoms with Crippen molar-refractivity contribution in [2.24, 2.45) is 5.73 Å². The summed E-state index contributed by atoms with van der Waals surface area (Å²) in [4.78, 5) is 48.7. The van der Waals surface area contributed by atoms with Gasteiger partial charge < -0.3 is 26.6 Å². The monoisotopic (exact) mass is 431 g/mol. The minimum Gasteiger partial charge on any atom is -0.478 e. The number of carboxylic acid groups (broad SMARTS) is 2. The molecule has 0 spiro atoms. The normalized spacial score (nSPS) is 19.7. The van der Waals surface area contributed by atoms with Crippen LogP contribution < -0.4 is 16.4 Å². The molecule has 1 aromatic carbocycles. The molecule has 9 heteroatoms. The van der Waals surface area contributed by atoms with E-state index in [9.17, 15) is 29.4 Å². The smallest absolute Gasteiger partial charge is 0.335 e. The second-order valence-electron chi connectivity index (χ2n) is 8.64. The van der Waals surface area contributed by atoms with Gasteiger partial charge in [-0.05, 0) is 43.9 Å². The molecule has 0 saturated heterocycles. The first-order chi connectivity index (χ1) is 14.7. The van der Waals surface area contributed by atoms with Gasteiger partial charge in [0, 0.05) is 5.69 Å². The van der Waals surface area contributed by atoms with E-state index in [0.29, 0.717) is 25.7 Å². The minimum atomic E-state index is -1.26. The van der Waals surface area contributed by atoms with E-state index in [1.165, 1.54) is 12.1 Å². The Morgan fingerprint density at radius 2 is 1.19 bits per heavy atom. The highest BCUT2D eigenvalue weighted by Gasteiger charge is 2.46. The summed E-state index contributed by atoms with van der Waals surface area (Å²) in [5, 5.41) is 24.8. The number of carboxylic acids is 2. The number of anilines is 1. The Bertz CT molecular complexity index is 853. The molecule has 1 aromatic rings. The van der Waals surface area contributed by atoms with Crippen LogP contribution in [-0.4, -0.2) is 45.0 Å². The van der Waals surface area contributed by atoms with Crippen molar-refractivity contribution in [2.45, 2.75) is 75.3 Å². The molecule has 0 aliphatic heterocycles. The number of benzene rings is 1. The number of amides is 2. The van der Waals surface area contributed by atoms with Gasteiger partial charge in [0.05, 0.1) is 11.1 Å².